The predicted molar refractivity (Wildman–Crippen MR) is 116 cm³/mol. The Morgan fingerprint density at radius 1 is 1.07 bits per heavy atom. The molecule has 29 heavy (non-hydrogen) atoms. The molecule has 0 saturated heterocycles. The van der Waals surface area contributed by atoms with Crippen LogP contribution in [0.1, 0.15) is 43.4 Å². The summed E-state index contributed by atoms with van der Waals surface area (Å²) in [6.07, 6.45) is 0. The fraction of sp³-hybridized carbons (Fsp3) is 0.417. The standard InChI is InChI=1S/C24H31N3O2/c1-24(2,3)25-22(28)16-26(4)23(29)17-27-14-19-12-8-9-13-20(19)21(15-27)18-10-6-5-7-11-18/h5-13,21H,14-17H2,1-4H3,(H,25,28). The molecule has 0 aliphatic carbocycles. The van der Waals surface area contributed by atoms with Crippen molar-refractivity contribution < 1.29 is 9.59 Å². The van der Waals surface area contributed by atoms with Crippen molar-refractivity contribution in [1.82, 2.24) is 15.1 Å². The number of carbonyl (C=O) groups excluding carboxylic acids is 2. The van der Waals surface area contributed by atoms with Gasteiger partial charge < -0.3 is 10.2 Å². The van der Waals surface area contributed by atoms with Gasteiger partial charge in [0.2, 0.25) is 11.8 Å². The second-order valence-electron chi connectivity index (χ2n) is 8.88. The van der Waals surface area contributed by atoms with Crippen molar-refractivity contribution in [2.75, 3.05) is 26.7 Å². The molecular weight excluding hydrogens is 362 g/mol. The summed E-state index contributed by atoms with van der Waals surface area (Å²) < 4.78 is 0. The van der Waals surface area contributed by atoms with Crippen molar-refractivity contribution in [2.45, 2.75) is 38.8 Å². The molecule has 2 aromatic carbocycles. The first-order chi connectivity index (χ1) is 13.7. The Labute approximate surface area is 173 Å². The highest BCUT2D eigenvalue weighted by molar-refractivity contribution is 5.85. The maximum absolute atomic E-state index is 12.8. The molecule has 1 aliphatic heterocycles. The van der Waals surface area contributed by atoms with E-state index in [1.165, 1.54) is 21.6 Å². The number of carbonyl (C=O) groups is 2. The summed E-state index contributed by atoms with van der Waals surface area (Å²) in [4.78, 5) is 28.6. The van der Waals surface area contributed by atoms with Crippen LogP contribution in [0.2, 0.25) is 0 Å². The minimum Gasteiger partial charge on any atom is -0.350 e. The van der Waals surface area contributed by atoms with E-state index in [4.69, 9.17) is 0 Å². The molecule has 0 spiro atoms. The van der Waals surface area contributed by atoms with Crippen molar-refractivity contribution in [3.05, 3.63) is 71.3 Å². The third-order valence-electron chi connectivity index (χ3n) is 5.15. The van der Waals surface area contributed by atoms with Crippen molar-refractivity contribution in [3.8, 4) is 0 Å². The lowest BCUT2D eigenvalue weighted by Gasteiger charge is -2.35. The molecule has 1 N–H and O–H groups in total. The van der Waals surface area contributed by atoms with E-state index in [2.05, 4.69) is 58.7 Å². The average molecular weight is 394 g/mol. The fourth-order valence-corrected chi connectivity index (χ4v) is 3.84. The Bertz CT molecular complexity index is 858. The zero-order chi connectivity index (χ0) is 21.0. The van der Waals surface area contributed by atoms with Crippen molar-refractivity contribution in [2.24, 2.45) is 0 Å². The van der Waals surface area contributed by atoms with E-state index in [1.54, 1.807) is 7.05 Å². The van der Waals surface area contributed by atoms with Crippen LogP contribution in [0.4, 0.5) is 0 Å². The summed E-state index contributed by atoms with van der Waals surface area (Å²) in [6.45, 7) is 7.70. The van der Waals surface area contributed by atoms with Crippen LogP contribution in [0.3, 0.4) is 0 Å². The van der Waals surface area contributed by atoms with E-state index < -0.39 is 0 Å². The first kappa shape index (κ1) is 21.1. The minimum atomic E-state index is -0.305. The molecule has 0 bridgehead atoms. The van der Waals surface area contributed by atoms with E-state index in [9.17, 15) is 9.59 Å². The molecular formula is C24H31N3O2. The number of rotatable bonds is 5. The molecule has 1 atom stereocenters. The number of likely N-dealkylation sites (N-methyl/N-ethyl adjacent to an activating group) is 1. The molecule has 5 nitrogen and oxygen atoms in total. The minimum absolute atomic E-state index is 0.0414. The zero-order valence-corrected chi connectivity index (χ0v) is 17.8. The normalized spacial score (nSPS) is 16.8. The number of nitrogens with one attached hydrogen (secondary N) is 1. The predicted octanol–water partition coefficient (Wildman–Crippen LogP) is 3.01. The molecule has 0 saturated carbocycles. The summed E-state index contributed by atoms with van der Waals surface area (Å²) in [5.74, 6) is 0.0585. The summed E-state index contributed by atoms with van der Waals surface area (Å²) in [7, 11) is 1.69. The Kier molecular flexibility index (Phi) is 6.38. The highest BCUT2D eigenvalue weighted by Gasteiger charge is 2.28. The van der Waals surface area contributed by atoms with E-state index in [1.807, 2.05) is 26.8 Å². The van der Waals surface area contributed by atoms with Crippen LogP contribution in [-0.2, 0) is 16.1 Å². The molecule has 0 fully saturated rings. The zero-order valence-electron chi connectivity index (χ0n) is 17.8. The first-order valence-electron chi connectivity index (χ1n) is 10.1. The highest BCUT2D eigenvalue weighted by Crippen LogP contribution is 2.33. The number of benzene rings is 2. The van der Waals surface area contributed by atoms with Gasteiger partial charge in [-0.15, -0.1) is 0 Å². The number of fused-ring (bicyclic) bond motifs is 1. The topological polar surface area (TPSA) is 52.7 Å². The van der Waals surface area contributed by atoms with Gasteiger partial charge in [-0.3, -0.25) is 14.5 Å². The van der Waals surface area contributed by atoms with Gasteiger partial charge >= 0.3 is 0 Å². The monoisotopic (exact) mass is 393 g/mol. The van der Waals surface area contributed by atoms with E-state index in [0.717, 1.165) is 13.1 Å². The maximum Gasteiger partial charge on any atom is 0.240 e. The Morgan fingerprint density at radius 3 is 2.41 bits per heavy atom. The van der Waals surface area contributed by atoms with Crippen molar-refractivity contribution >= 4 is 11.8 Å². The smallest absolute Gasteiger partial charge is 0.240 e. The number of hydrogen-bond donors (Lipinski definition) is 1. The summed E-state index contributed by atoms with van der Waals surface area (Å²) in [5.41, 5.74) is 3.55. The van der Waals surface area contributed by atoms with Crippen LogP contribution in [0.25, 0.3) is 0 Å². The third kappa shape index (κ3) is 5.67. The maximum atomic E-state index is 12.8. The molecule has 0 radical (unpaired) electrons. The molecule has 0 aromatic heterocycles. The summed E-state index contributed by atoms with van der Waals surface area (Å²) >= 11 is 0. The van der Waals surface area contributed by atoms with Gasteiger partial charge in [-0.05, 0) is 37.5 Å². The summed E-state index contributed by atoms with van der Waals surface area (Å²) in [6, 6.07) is 18.9. The summed E-state index contributed by atoms with van der Waals surface area (Å²) in [5, 5.41) is 2.90. The molecule has 3 rings (SSSR count). The largest absolute Gasteiger partial charge is 0.350 e. The molecule has 154 valence electrons. The molecule has 2 aromatic rings. The molecule has 1 unspecified atom stereocenters. The van der Waals surface area contributed by atoms with Crippen LogP contribution in [0, 0.1) is 0 Å². The van der Waals surface area contributed by atoms with E-state index in [0.29, 0.717) is 6.54 Å². The van der Waals surface area contributed by atoms with Crippen LogP contribution in [-0.4, -0.2) is 53.8 Å². The number of hydrogen-bond acceptors (Lipinski definition) is 3. The van der Waals surface area contributed by atoms with Crippen LogP contribution in [0.5, 0.6) is 0 Å². The number of nitrogens with zero attached hydrogens (tertiary/aromatic N) is 2. The Balaban J connectivity index is 1.68. The van der Waals surface area contributed by atoms with Gasteiger partial charge in [0.1, 0.15) is 0 Å². The van der Waals surface area contributed by atoms with Gasteiger partial charge in [0, 0.05) is 31.6 Å². The second-order valence-corrected chi connectivity index (χ2v) is 8.88. The number of amides is 2. The lowest BCUT2D eigenvalue weighted by atomic mass is 9.84. The highest BCUT2D eigenvalue weighted by atomic mass is 16.2. The average Bonchev–Trinajstić information content (AvgIpc) is 2.66. The fourth-order valence-electron chi connectivity index (χ4n) is 3.84. The Hall–Kier alpha value is -2.66. The lowest BCUT2D eigenvalue weighted by Crippen LogP contribution is -2.48. The molecule has 2 amide bonds. The SMILES string of the molecule is CN(CC(=O)NC(C)(C)C)C(=O)CN1Cc2ccccc2C(c2ccccc2)C1. The van der Waals surface area contributed by atoms with Crippen LogP contribution >= 0.6 is 0 Å². The van der Waals surface area contributed by atoms with Crippen molar-refractivity contribution in [3.63, 3.8) is 0 Å². The van der Waals surface area contributed by atoms with Gasteiger partial charge in [-0.25, -0.2) is 0 Å². The van der Waals surface area contributed by atoms with Gasteiger partial charge in [0.05, 0.1) is 13.1 Å². The molecule has 5 heteroatoms. The first-order valence-corrected chi connectivity index (χ1v) is 10.1. The van der Waals surface area contributed by atoms with Crippen molar-refractivity contribution in [1.29, 1.82) is 0 Å². The van der Waals surface area contributed by atoms with Gasteiger partial charge in [-0.2, -0.15) is 0 Å². The molecule has 1 heterocycles. The van der Waals surface area contributed by atoms with Gasteiger partial charge in [0.15, 0.2) is 0 Å². The lowest BCUT2D eigenvalue weighted by molar-refractivity contribution is -0.136. The van der Waals surface area contributed by atoms with Crippen LogP contribution < -0.4 is 5.32 Å². The Morgan fingerprint density at radius 2 is 1.72 bits per heavy atom. The third-order valence-corrected chi connectivity index (χ3v) is 5.15. The second kappa shape index (κ2) is 8.78. The van der Waals surface area contributed by atoms with E-state index in [-0.39, 0.29) is 29.8 Å². The van der Waals surface area contributed by atoms with Gasteiger partial charge in [-0.1, -0.05) is 54.6 Å². The van der Waals surface area contributed by atoms with Gasteiger partial charge in [0.25, 0.3) is 0 Å². The van der Waals surface area contributed by atoms with E-state index >= 15 is 0 Å². The molecule has 1 aliphatic rings. The van der Waals surface area contributed by atoms with Crippen LogP contribution in [0.15, 0.2) is 54.6 Å². The quantitative estimate of drug-likeness (QED) is 0.850.